The number of nitrogens with zero attached hydrogens (tertiary/aromatic N) is 1. The smallest absolute Gasteiger partial charge is 0.309 e. The lowest BCUT2D eigenvalue weighted by Gasteiger charge is -1.86. The molecule has 0 aliphatic carbocycles. The molecule has 0 aromatic carbocycles. The van der Waals surface area contributed by atoms with Crippen LogP contribution < -0.4 is 0 Å². The van der Waals surface area contributed by atoms with Gasteiger partial charge >= 0.3 is 5.97 Å². The maximum atomic E-state index is 10.4. The van der Waals surface area contributed by atoms with Crippen LogP contribution in [0.1, 0.15) is 5.69 Å². The molecule has 0 fully saturated rings. The van der Waals surface area contributed by atoms with Crippen LogP contribution in [0.3, 0.4) is 0 Å². The quantitative estimate of drug-likeness (QED) is 0.766. The van der Waals surface area contributed by atoms with Gasteiger partial charge in [-0.2, -0.15) is 4.37 Å². The first-order chi connectivity index (χ1) is 5.77. The summed E-state index contributed by atoms with van der Waals surface area (Å²) >= 11 is 1.26. The van der Waals surface area contributed by atoms with Crippen molar-refractivity contribution in [2.24, 2.45) is 0 Å². The normalized spacial score (nSPS) is 10.7. The Hall–Kier alpha value is -1.36. The van der Waals surface area contributed by atoms with Crippen LogP contribution in [-0.4, -0.2) is 15.4 Å². The van der Waals surface area contributed by atoms with E-state index in [0.717, 1.165) is 4.70 Å². The van der Waals surface area contributed by atoms with Crippen LogP contribution in [0.25, 0.3) is 10.3 Å². The molecule has 0 radical (unpaired) electrons. The molecule has 0 unspecified atom stereocenters. The molecule has 0 aliphatic rings. The van der Waals surface area contributed by atoms with Crippen LogP contribution in [0.15, 0.2) is 16.7 Å². The summed E-state index contributed by atoms with van der Waals surface area (Å²) in [4.78, 5) is 10.4. The zero-order valence-electron chi connectivity index (χ0n) is 5.98. The van der Waals surface area contributed by atoms with Gasteiger partial charge in [-0.1, -0.05) is 0 Å². The molecule has 2 aromatic rings. The second-order valence-corrected chi connectivity index (χ2v) is 3.12. The Morgan fingerprint density at radius 2 is 2.58 bits per heavy atom. The minimum Gasteiger partial charge on any atom is -0.481 e. The van der Waals surface area contributed by atoms with E-state index < -0.39 is 5.97 Å². The standard InChI is InChI=1S/C7H5NO3S/c9-6(10)3-4-7-5(12-8-4)1-2-11-7/h1-2H,3H2,(H,9,10). The lowest BCUT2D eigenvalue weighted by Crippen LogP contribution is -1.99. The van der Waals surface area contributed by atoms with Crippen molar-refractivity contribution < 1.29 is 14.3 Å². The molecule has 0 atom stereocenters. The molecule has 0 bridgehead atoms. The predicted molar refractivity (Wildman–Crippen MR) is 43.2 cm³/mol. The van der Waals surface area contributed by atoms with Crippen molar-refractivity contribution in [3.63, 3.8) is 0 Å². The predicted octanol–water partition coefficient (Wildman–Crippen LogP) is 1.52. The molecule has 2 heterocycles. The number of rotatable bonds is 2. The Labute approximate surface area is 71.6 Å². The maximum Gasteiger partial charge on any atom is 0.309 e. The topological polar surface area (TPSA) is 63.3 Å². The monoisotopic (exact) mass is 183 g/mol. The van der Waals surface area contributed by atoms with Gasteiger partial charge in [0.15, 0.2) is 5.58 Å². The molecular formula is C7H5NO3S. The number of carboxylic acids is 1. The van der Waals surface area contributed by atoms with Gasteiger partial charge in [-0.15, -0.1) is 0 Å². The number of hydrogen-bond acceptors (Lipinski definition) is 4. The SMILES string of the molecule is O=C(O)Cc1nsc2ccoc12. The Bertz CT molecular complexity index is 417. The molecule has 0 saturated carbocycles. The molecule has 0 aliphatic heterocycles. The lowest BCUT2D eigenvalue weighted by atomic mass is 10.3. The van der Waals surface area contributed by atoms with Crippen molar-refractivity contribution in [3.05, 3.63) is 18.0 Å². The third kappa shape index (κ3) is 1.08. The summed E-state index contributed by atoms with van der Waals surface area (Å²) in [7, 11) is 0. The zero-order chi connectivity index (χ0) is 8.55. The van der Waals surface area contributed by atoms with Crippen LogP contribution in [0.2, 0.25) is 0 Å². The fourth-order valence-corrected chi connectivity index (χ4v) is 1.70. The highest BCUT2D eigenvalue weighted by Gasteiger charge is 2.11. The minimum absolute atomic E-state index is 0.0759. The molecule has 2 rings (SSSR count). The number of aliphatic carboxylic acids is 1. The van der Waals surface area contributed by atoms with E-state index >= 15 is 0 Å². The van der Waals surface area contributed by atoms with Crippen LogP contribution in [0.5, 0.6) is 0 Å². The van der Waals surface area contributed by atoms with Gasteiger partial charge < -0.3 is 9.52 Å². The van der Waals surface area contributed by atoms with Crippen molar-refractivity contribution >= 4 is 27.8 Å². The molecule has 0 spiro atoms. The second-order valence-electron chi connectivity index (χ2n) is 2.31. The van der Waals surface area contributed by atoms with Gasteiger partial charge in [0.2, 0.25) is 0 Å². The van der Waals surface area contributed by atoms with E-state index in [4.69, 9.17) is 9.52 Å². The molecule has 2 aromatic heterocycles. The van der Waals surface area contributed by atoms with E-state index in [1.165, 1.54) is 17.8 Å². The highest BCUT2D eigenvalue weighted by atomic mass is 32.1. The molecule has 1 N–H and O–H groups in total. The third-order valence-corrected chi connectivity index (χ3v) is 2.29. The summed E-state index contributed by atoms with van der Waals surface area (Å²) in [5, 5.41) is 8.51. The van der Waals surface area contributed by atoms with Crippen molar-refractivity contribution in [1.82, 2.24) is 4.37 Å². The third-order valence-electron chi connectivity index (χ3n) is 1.46. The molecule has 12 heavy (non-hydrogen) atoms. The fourth-order valence-electron chi connectivity index (χ4n) is 0.981. The first-order valence-corrected chi connectivity index (χ1v) is 4.08. The average molecular weight is 183 g/mol. The molecule has 0 amide bonds. The summed E-state index contributed by atoms with van der Waals surface area (Å²) in [5.74, 6) is -0.890. The van der Waals surface area contributed by atoms with Gasteiger partial charge in [0.05, 0.1) is 17.4 Å². The number of carbonyl (C=O) groups is 1. The Kier molecular flexibility index (Phi) is 1.58. The largest absolute Gasteiger partial charge is 0.481 e. The number of hydrogen-bond donors (Lipinski definition) is 1. The average Bonchev–Trinajstić information content (AvgIpc) is 2.52. The van der Waals surface area contributed by atoms with Gasteiger partial charge in [0, 0.05) is 0 Å². The Balaban J connectivity index is 2.47. The van der Waals surface area contributed by atoms with Crippen molar-refractivity contribution in [1.29, 1.82) is 0 Å². The van der Waals surface area contributed by atoms with Crippen molar-refractivity contribution in [2.45, 2.75) is 6.42 Å². The summed E-state index contributed by atoms with van der Waals surface area (Å²) in [6.45, 7) is 0. The van der Waals surface area contributed by atoms with Gasteiger partial charge in [0.1, 0.15) is 5.69 Å². The molecule has 5 heteroatoms. The highest BCUT2D eigenvalue weighted by Crippen LogP contribution is 2.23. The van der Waals surface area contributed by atoms with Crippen LogP contribution in [0.4, 0.5) is 0 Å². The van der Waals surface area contributed by atoms with E-state index in [-0.39, 0.29) is 6.42 Å². The first-order valence-electron chi connectivity index (χ1n) is 3.31. The summed E-state index contributed by atoms with van der Waals surface area (Å²) in [6, 6.07) is 1.78. The molecule has 4 nitrogen and oxygen atoms in total. The van der Waals surface area contributed by atoms with Crippen LogP contribution in [-0.2, 0) is 11.2 Å². The van der Waals surface area contributed by atoms with Crippen LogP contribution >= 0.6 is 11.5 Å². The Morgan fingerprint density at radius 3 is 3.33 bits per heavy atom. The van der Waals surface area contributed by atoms with E-state index in [2.05, 4.69) is 4.37 Å². The first kappa shape index (κ1) is 7.30. The lowest BCUT2D eigenvalue weighted by molar-refractivity contribution is -0.136. The number of furan rings is 1. The summed E-state index contributed by atoms with van der Waals surface area (Å²) < 4.78 is 9.93. The van der Waals surface area contributed by atoms with Crippen LogP contribution in [0, 0.1) is 0 Å². The molecular weight excluding hydrogens is 178 g/mol. The zero-order valence-corrected chi connectivity index (χ0v) is 6.80. The molecule has 62 valence electrons. The maximum absolute atomic E-state index is 10.4. The van der Waals surface area contributed by atoms with E-state index in [9.17, 15) is 4.79 Å². The van der Waals surface area contributed by atoms with Gasteiger partial charge in [-0.05, 0) is 17.6 Å². The highest BCUT2D eigenvalue weighted by molar-refractivity contribution is 7.13. The number of carboxylic acid groups (broad SMARTS) is 1. The van der Waals surface area contributed by atoms with Crippen molar-refractivity contribution in [2.75, 3.05) is 0 Å². The van der Waals surface area contributed by atoms with E-state index in [1.54, 1.807) is 6.07 Å². The van der Waals surface area contributed by atoms with Gasteiger partial charge in [-0.3, -0.25) is 4.79 Å². The van der Waals surface area contributed by atoms with Gasteiger partial charge in [-0.25, -0.2) is 0 Å². The summed E-state index contributed by atoms with van der Waals surface area (Å²) in [6.07, 6.45) is 1.46. The van der Waals surface area contributed by atoms with Crippen molar-refractivity contribution in [3.8, 4) is 0 Å². The van der Waals surface area contributed by atoms with E-state index in [1.807, 2.05) is 0 Å². The van der Waals surface area contributed by atoms with Gasteiger partial charge in [0.25, 0.3) is 0 Å². The minimum atomic E-state index is -0.890. The Morgan fingerprint density at radius 1 is 1.75 bits per heavy atom. The number of aromatic nitrogens is 1. The summed E-state index contributed by atoms with van der Waals surface area (Å²) in [5.41, 5.74) is 1.11. The fraction of sp³-hybridized carbons (Fsp3) is 0.143. The molecule has 0 saturated heterocycles. The number of fused-ring (bicyclic) bond motifs is 1. The van der Waals surface area contributed by atoms with E-state index in [0.29, 0.717) is 11.3 Å². The second kappa shape index (κ2) is 2.60.